The third-order valence-electron chi connectivity index (χ3n) is 3.21. The number of aliphatic carboxylic acids is 2. The Morgan fingerprint density at radius 1 is 1.25 bits per heavy atom. The summed E-state index contributed by atoms with van der Waals surface area (Å²) in [5.41, 5.74) is 0. The van der Waals surface area contributed by atoms with Gasteiger partial charge in [-0.25, -0.2) is 13.2 Å². The lowest BCUT2D eigenvalue weighted by Crippen LogP contribution is -2.44. The average molecular weight is 415 g/mol. The van der Waals surface area contributed by atoms with Gasteiger partial charge in [-0.05, 0) is 17.0 Å². The number of carbonyl (C=O) groups is 3. The van der Waals surface area contributed by atoms with Gasteiger partial charge in [0.25, 0.3) is 15.7 Å². The van der Waals surface area contributed by atoms with Crippen LogP contribution in [0.5, 0.6) is 5.88 Å². The number of sulfone groups is 1. The lowest BCUT2D eigenvalue weighted by atomic mass is 10.2. The highest BCUT2D eigenvalue weighted by atomic mass is 32.2. The Balaban J connectivity index is 2.15. The standard InChI is InChI=1S/C14H13N3O10S/c18-10(15-9(14(21)22)6-11(19)20)7-26-12-13(17(23)27-16-12)28(24,25)8-4-2-1-3-5-8/h1-5,9H,6-7H2,(H,15,18)(H,19,20)(H,21,22)/t9-/m0/s1. The van der Waals surface area contributed by atoms with Crippen molar-refractivity contribution in [1.82, 2.24) is 10.5 Å². The Morgan fingerprint density at radius 2 is 1.89 bits per heavy atom. The SMILES string of the molecule is O=C(O)C[C@H](NC(=O)COc1no[n+]([O-])c1S(=O)(=O)c1ccccc1)C(=O)O. The number of carbonyl (C=O) groups excluding carboxylic acids is 1. The van der Waals surface area contributed by atoms with E-state index in [4.69, 9.17) is 14.9 Å². The number of nitrogens with zero attached hydrogens (tertiary/aromatic N) is 2. The summed E-state index contributed by atoms with van der Waals surface area (Å²) in [5.74, 6) is -4.97. The van der Waals surface area contributed by atoms with Gasteiger partial charge in [0.15, 0.2) is 6.61 Å². The second-order valence-corrected chi connectivity index (χ2v) is 7.07. The molecule has 1 heterocycles. The number of hydrogen-bond donors (Lipinski definition) is 3. The van der Waals surface area contributed by atoms with Crippen LogP contribution in [0, 0.1) is 5.21 Å². The molecule has 0 radical (unpaired) electrons. The fourth-order valence-electron chi connectivity index (χ4n) is 1.99. The number of benzene rings is 1. The summed E-state index contributed by atoms with van der Waals surface area (Å²) in [6, 6.07) is 5.07. The molecule has 0 aliphatic rings. The first-order valence-corrected chi connectivity index (χ1v) is 8.88. The van der Waals surface area contributed by atoms with E-state index in [-0.39, 0.29) is 4.90 Å². The van der Waals surface area contributed by atoms with Gasteiger partial charge >= 0.3 is 22.8 Å². The van der Waals surface area contributed by atoms with Crippen molar-refractivity contribution in [1.29, 1.82) is 0 Å². The van der Waals surface area contributed by atoms with Crippen LogP contribution in [0.2, 0.25) is 0 Å². The van der Waals surface area contributed by atoms with Crippen molar-refractivity contribution >= 4 is 27.7 Å². The predicted octanol–water partition coefficient (Wildman–Crippen LogP) is -1.44. The van der Waals surface area contributed by atoms with Crippen LogP contribution in [0.1, 0.15) is 6.42 Å². The molecule has 0 aliphatic carbocycles. The maximum absolute atomic E-state index is 12.5. The summed E-state index contributed by atoms with van der Waals surface area (Å²) in [6.45, 7) is -0.951. The van der Waals surface area contributed by atoms with Crippen molar-refractivity contribution < 1.29 is 47.3 Å². The maximum atomic E-state index is 12.5. The highest BCUT2D eigenvalue weighted by molar-refractivity contribution is 7.91. The van der Waals surface area contributed by atoms with E-state index in [1.165, 1.54) is 24.3 Å². The van der Waals surface area contributed by atoms with Crippen LogP contribution in [0.25, 0.3) is 0 Å². The lowest BCUT2D eigenvalue weighted by Gasteiger charge is -2.11. The Bertz CT molecular complexity index is 986. The molecule has 1 aromatic heterocycles. The summed E-state index contributed by atoms with van der Waals surface area (Å²) in [5, 5.41) is 33.2. The molecule has 1 atom stereocenters. The summed E-state index contributed by atoms with van der Waals surface area (Å²) >= 11 is 0. The van der Waals surface area contributed by atoms with E-state index in [1.807, 2.05) is 5.32 Å². The van der Waals surface area contributed by atoms with Crippen LogP contribution in [0.4, 0.5) is 0 Å². The molecule has 3 N–H and O–H groups in total. The summed E-state index contributed by atoms with van der Waals surface area (Å²) in [7, 11) is -4.39. The van der Waals surface area contributed by atoms with Gasteiger partial charge in [-0.1, -0.05) is 18.2 Å². The second kappa shape index (κ2) is 8.34. The summed E-state index contributed by atoms with van der Waals surface area (Å²) < 4.78 is 34.1. The molecule has 1 amide bonds. The molecule has 0 saturated carbocycles. The zero-order valence-corrected chi connectivity index (χ0v) is 14.7. The van der Waals surface area contributed by atoms with Crippen LogP contribution in [0.3, 0.4) is 0 Å². The number of rotatable bonds is 9. The van der Waals surface area contributed by atoms with E-state index in [2.05, 4.69) is 9.79 Å². The lowest BCUT2D eigenvalue weighted by molar-refractivity contribution is -0.832. The largest absolute Gasteiger partial charge is 0.481 e. The zero-order valence-electron chi connectivity index (χ0n) is 13.8. The van der Waals surface area contributed by atoms with Crippen LogP contribution in [-0.2, 0) is 24.2 Å². The van der Waals surface area contributed by atoms with E-state index in [0.29, 0.717) is 0 Å². The zero-order chi connectivity index (χ0) is 20.9. The third kappa shape index (κ3) is 4.73. The predicted molar refractivity (Wildman–Crippen MR) is 84.7 cm³/mol. The second-order valence-electron chi connectivity index (χ2n) is 5.20. The van der Waals surface area contributed by atoms with Crippen LogP contribution in [0.15, 0.2) is 44.9 Å². The maximum Gasteiger partial charge on any atom is 0.415 e. The van der Waals surface area contributed by atoms with E-state index in [0.717, 1.165) is 0 Å². The first-order chi connectivity index (χ1) is 13.1. The number of nitrogens with one attached hydrogen (secondary N) is 1. The normalized spacial score (nSPS) is 12.1. The molecule has 0 saturated heterocycles. The van der Waals surface area contributed by atoms with Crippen molar-refractivity contribution in [2.45, 2.75) is 22.4 Å². The van der Waals surface area contributed by atoms with Crippen molar-refractivity contribution in [3.05, 3.63) is 35.5 Å². The minimum atomic E-state index is -4.39. The molecule has 1 aromatic carbocycles. The molecule has 0 unspecified atom stereocenters. The number of hydrogen-bond acceptors (Lipinski definition) is 9. The highest BCUT2D eigenvalue weighted by Crippen LogP contribution is 2.24. The number of ether oxygens (including phenoxy) is 1. The van der Waals surface area contributed by atoms with Gasteiger partial charge in [0, 0.05) is 0 Å². The number of amides is 1. The molecule has 0 fully saturated rings. The smallest absolute Gasteiger partial charge is 0.415 e. The Kier molecular flexibility index (Phi) is 6.15. The molecule has 2 aromatic rings. The van der Waals surface area contributed by atoms with Gasteiger partial charge in [-0.15, -0.1) is 0 Å². The molecule has 2 rings (SSSR count). The summed E-state index contributed by atoms with van der Waals surface area (Å²) in [6.07, 6.45) is -0.890. The Morgan fingerprint density at radius 3 is 2.46 bits per heavy atom. The average Bonchev–Trinajstić information content (AvgIpc) is 3.01. The molecular weight excluding hydrogens is 402 g/mol. The fourth-order valence-corrected chi connectivity index (χ4v) is 3.28. The van der Waals surface area contributed by atoms with Crippen LogP contribution in [-0.4, -0.2) is 54.3 Å². The molecule has 13 nitrogen and oxygen atoms in total. The van der Waals surface area contributed by atoms with Gasteiger partial charge in [0.2, 0.25) is 0 Å². The highest BCUT2D eigenvalue weighted by Gasteiger charge is 2.36. The number of aromatic nitrogens is 2. The minimum Gasteiger partial charge on any atom is -0.481 e. The van der Waals surface area contributed by atoms with Crippen LogP contribution >= 0.6 is 0 Å². The van der Waals surface area contributed by atoms with E-state index >= 15 is 0 Å². The number of carboxylic acids is 2. The molecule has 14 heteroatoms. The molecule has 150 valence electrons. The summed E-state index contributed by atoms with van der Waals surface area (Å²) in [4.78, 5) is 32.6. The van der Waals surface area contributed by atoms with Gasteiger partial charge in [-0.3, -0.25) is 14.2 Å². The molecular formula is C14H13N3O10S. The minimum absolute atomic E-state index is 0.260. The van der Waals surface area contributed by atoms with Crippen molar-refractivity contribution in [2.75, 3.05) is 6.61 Å². The van der Waals surface area contributed by atoms with Crippen molar-refractivity contribution in [2.24, 2.45) is 0 Å². The number of carboxylic acid groups (broad SMARTS) is 2. The van der Waals surface area contributed by atoms with E-state index in [9.17, 15) is 28.0 Å². The van der Waals surface area contributed by atoms with Gasteiger partial charge in [-0.2, -0.15) is 0 Å². The molecule has 28 heavy (non-hydrogen) atoms. The topological polar surface area (TPSA) is 200 Å². The van der Waals surface area contributed by atoms with Crippen molar-refractivity contribution in [3.8, 4) is 5.88 Å². The molecule has 0 spiro atoms. The van der Waals surface area contributed by atoms with Gasteiger partial charge < -0.3 is 25.5 Å². The first-order valence-electron chi connectivity index (χ1n) is 7.39. The van der Waals surface area contributed by atoms with Crippen LogP contribution < -0.4 is 15.0 Å². The fraction of sp³-hybridized carbons (Fsp3) is 0.214. The molecule has 0 bridgehead atoms. The van der Waals surface area contributed by atoms with E-state index < -0.39 is 62.6 Å². The van der Waals surface area contributed by atoms with Gasteiger partial charge in [0.1, 0.15) is 6.04 Å². The third-order valence-corrected chi connectivity index (χ3v) is 4.93. The molecule has 0 aliphatic heterocycles. The Labute approximate surface area is 156 Å². The van der Waals surface area contributed by atoms with E-state index in [1.54, 1.807) is 6.07 Å². The quantitative estimate of drug-likeness (QED) is 0.405. The van der Waals surface area contributed by atoms with Crippen molar-refractivity contribution in [3.63, 3.8) is 0 Å². The Hall–Kier alpha value is -3.68. The first kappa shape index (κ1) is 20.6. The monoisotopic (exact) mass is 415 g/mol. The van der Waals surface area contributed by atoms with Gasteiger partial charge in [0.05, 0.1) is 16.5 Å².